The molecule has 2 fully saturated rings. The zero-order valence-corrected chi connectivity index (χ0v) is 20.2. The van der Waals surface area contributed by atoms with E-state index in [-0.39, 0.29) is 5.91 Å². The maximum Gasteiger partial charge on any atom is 0.225 e. The van der Waals surface area contributed by atoms with E-state index in [1.54, 1.807) is 0 Å². The van der Waals surface area contributed by atoms with Gasteiger partial charge in [0, 0.05) is 54.8 Å². The molecule has 5 rings (SSSR count). The Morgan fingerprint density at radius 3 is 2.71 bits per heavy atom. The molecule has 0 bridgehead atoms. The number of aromatic nitrogens is 1. The zero-order chi connectivity index (χ0) is 23.4. The Morgan fingerprint density at radius 1 is 1.06 bits per heavy atom. The van der Waals surface area contributed by atoms with Crippen molar-refractivity contribution in [2.75, 3.05) is 39.4 Å². The van der Waals surface area contributed by atoms with E-state index < -0.39 is 5.60 Å². The van der Waals surface area contributed by atoms with Crippen LogP contribution in [-0.4, -0.2) is 65.7 Å². The molecule has 1 amide bonds. The summed E-state index contributed by atoms with van der Waals surface area (Å²) in [5, 5.41) is 1.91. The quantitative estimate of drug-likeness (QED) is 0.523. The van der Waals surface area contributed by atoms with Gasteiger partial charge >= 0.3 is 0 Å². The first-order valence-electron chi connectivity index (χ1n) is 12.2. The van der Waals surface area contributed by atoms with E-state index in [0.717, 1.165) is 50.3 Å². The first kappa shape index (κ1) is 23.2. The molecule has 2 aromatic carbocycles. The number of nitrogens with zero attached hydrogens (tertiary/aromatic N) is 2. The predicted octanol–water partition coefficient (Wildman–Crippen LogP) is 4.87. The molecule has 34 heavy (non-hydrogen) atoms. The van der Waals surface area contributed by atoms with Crippen LogP contribution in [0.2, 0.25) is 5.02 Å². The van der Waals surface area contributed by atoms with Crippen LogP contribution in [0.5, 0.6) is 5.75 Å². The Balaban J connectivity index is 1.34. The second-order valence-corrected chi connectivity index (χ2v) is 9.90. The van der Waals surface area contributed by atoms with E-state index in [4.69, 9.17) is 21.1 Å². The summed E-state index contributed by atoms with van der Waals surface area (Å²) < 4.78 is 12.5. The summed E-state index contributed by atoms with van der Waals surface area (Å²) >= 11 is 6.03. The fourth-order valence-electron chi connectivity index (χ4n) is 5.11. The van der Waals surface area contributed by atoms with Gasteiger partial charge in [0.05, 0.1) is 13.0 Å². The molecule has 0 saturated carbocycles. The molecule has 3 heterocycles. The lowest BCUT2D eigenvalue weighted by atomic mass is 9.95. The third-order valence-electron chi connectivity index (χ3n) is 6.90. The minimum atomic E-state index is -0.696. The number of halogens is 1. The van der Waals surface area contributed by atoms with Gasteiger partial charge in [-0.2, -0.15) is 0 Å². The monoisotopic (exact) mass is 481 g/mol. The maximum atomic E-state index is 13.3. The van der Waals surface area contributed by atoms with Crippen LogP contribution in [0.3, 0.4) is 0 Å². The predicted molar refractivity (Wildman–Crippen MR) is 134 cm³/mol. The molecular weight excluding hydrogens is 450 g/mol. The zero-order valence-electron chi connectivity index (χ0n) is 19.5. The van der Waals surface area contributed by atoms with E-state index in [2.05, 4.69) is 34.1 Å². The molecule has 1 atom stereocenters. The Kier molecular flexibility index (Phi) is 7.09. The van der Waals surface area contributed by atoms with Gasteiger partial charge < -0.3 is 19.4 Å². The van der Waals surface area contributed by atoms with Gasteiger partial charge in [0.25, 0.3) is 0 Å². The second-order valence-electron chi connectivity index (χ2n) is 9.46. The number of morpholine rings is 1. The van der Waals surface area contributed by atoms with Crippen molar-refractivity contribution in [2.24, 2.45) is 0 Å². The summed E-state index contributed by atoms with van der Waals surface area (Å²) in [6.45, 7) is 4.83. The molecule has 2 aliphatic rings. The molecule has 3 aromatic rings. The molecule has 0 aliphatic carbocycles. The molecular formula is C27H32ClN3O3. The Bertz CT molecular complexity index is 1110. The van der Waals surface area contributed by atoms with Crippen LogP contribution in [0.15, 0.2) is 54.7 Å². The lowest BCUT2D eigenvalue weighted by Crippen LogP contribution is -2.57. The van der Waals surface area contributed by atoms with Crippen LogP contribution in [0.4, 0.5) is 0 Å². The number of hydrogen-bond donors (Lipinski definition) is 1. The average Bonchev–Trinajstić information content (AvgIpc) is 3.35. The minimum Gasteiger partial charge on any atom is -0.491 e. The summed E-state index contributed by atoms with van der Waals surface area (Å²) in [5.74, 6) is 0.890. The van der Waals surface area contributed by atoms with Gasteiger partial charge in [0.15, 0.2) is 0 Å². The maximum absolute atomic E-state index is 13.3. The summed E-state index contributed by atoms with van der Waals surface area (Å²) in [6.07, 6.45) is 5.66. The molecule has 1 unspecified atom stereocenters. The number of amides is 1. The van der Waals surface area contributed by atoms with Crippen molar-refractivity contribution in [3.8, 4) is 5.75 Å². The van der Waals surface area contributed by atoms with Crippen molar-refractivity contribution >= 4 is 28.4 Å². The van der Waals surface area contributed by atoms with Crippen molar-refractivity contribution < 1.29 is 14.3 Å². The number of rotatable bonds is 7. The van der Waals surface area contributed by atoms with Crippen molar-refractivity contribution in [2.45, 2.75) is 37.8 Å². The van der Waals surface area contributed by atoms with E-state index in [9.17, 15) is 4.79 Å². The van der Waals surface area contributed by atoms with Gasteiger partial charge in [0.2, 0.25) is 5.91 Å². The average molecular weight is 482 g/mol. The third-order valence-corrected chi connectivity index (χ3v) is 7.16. The molecule has 7 heteroatoms. The number of H-pyrrole nitrogens is 1. The lowest BCUT2D eigenvalue weighted by molar-refractivity contribution is -0.157. The first-order chi connectivity index (χ1) is 16.6. The highest BCUT2D eigenvalue weighted by Crippen LogP contribution is 2.28. The van der Waals surface area contributed by atoms with E-state index in [0.29, 0.717) is 31.2 Å². The number of carbonyl (C=O) groups excluding carboxylic acids is 1. The minimum absolute atomic E-state index is 0.161. The van der Waals surface area contributed by atoms with Gasteiger partial charge in [0.1, 0.15) is 18.0 Å². The van der Waals surface area contributed by atoms with Crippen molar-refractivity contribution in [3.05, 3.63) is 65.3 Å². The van der Waals surface area contributed by atoms with Crippen molar-refractivity contribution in [1.29, 1.82) is 0 Å². The van der Waals surface area contributed by atoms with Crippen LogP contribution in [0.25, 0.3) is 10.9 Å². The number of hydrogen-bond acceptors (Lipinski definition) is 4. The van der Waals surface area contributed by atoms with Crippen LogP contribution in [0.1, 0.15) is 31.2 Å². The number of benzene rings is 2. The first-order valence-corrected chi connectivity index (χ1v) is 12.6. The summed E-state index contributed by atoms with van der Waals surface area (Å²) in [6, 6.07) is 15.8. The van der Waals surface area contributed by atoms with Gasteiger partial charge in [-0.15, -0.1) is 0 Å². The van der Waals surface area contributed by atoms with Crippen LogP contribution < -0.4 is 4.74 Å². The second kappa shape index (κ2) is 10.4. The number of carbonyl (C=O) groups is 1. The third kappa shape index (κ3) is 5.40. The number of nitrogens with one attached hydrogen (secondary N) is 1. The van der Waals surface area contributed by atoms with Crippen LogP contribution >= 0.6 is 11.6 Å². The lowest BCUT2D eigenvalue weighted by Gasteiger charge is -2.43. The fourth-order valence-corrected chi connectivity index (χ4v) is 5.24. The highest BCUT2D eigenvalue weighted by Gasteiger charge is 2.41. The fraction of sp³-hybridized carbons (Fsp3) is 0.444. The summed E-state index contributed by atoms with van der Waals surface area (Å²) in [7, 11) is 0. The standard InChI is InChI=1S/C27H32ClN3O3/c28-22-7-9-23(10-8-22)33-20-27(17-26(32)31-13-2-1-3-14-31)19-30(15-16-34-27)18-21-5-4-6-25-24(21)11-12-29-25/h4-12,29H,1-3,13-20H2. The van der Waals surface area contributed by atoms with Gasteiger partial charge in [-0.1, -0.05) is 23.7 Å². The van der Waals surface area contributed by atoms with E-state index in [1.807, 2.05) is 35.4 Å². The van der Waals surface area contributed by atoms with E-state index in [1.165, 1.54) is 17.4 Å². The van der Waals surface area contributed by atoms with Crippen LogP contribution in [0, 0.1) is 0 Å². The van der Waals surface area contributed by atoms with E-state index >= 15 is 0 Å². The molecule has 6 nitrogen and oxygen atoms in total. The summed E-state index contributed by atoms with van der Waals surface area (Å²) in [5.41, 5.74) is 1.72. The van der Waals surface area contributed by atoms with Crippen LogP contribution in [-0.2, 0) is 16.1 Å². The molecule has 0 spiro atoms. The summed E-state index contributed by atoms with van der Waals surface area (Å²) in [4.78, 5) is 21.0. The SMILES string of the molecule is O=C(CC1(COc2ccc(Cl)cc2)CN(Cc2cccc3[nH]ccc23)CCO1)N1CCCCC1. The number of likely N-dealkylation sites (tertiary alicyclic amines) is 1. The van der Waals surface area contributed by atoms with Crippen molar-refractivity contribution in [1.82, 2.24) is 14.8 Å². The number of piperidine rings is 1. The molecule has 0 radical (unpaired) electrons. The number of fused-ring (bicyclic) bond motifs is 1. The normalized spacial score (nSPS) is 21.6. The highest BCUT2D eigenvalue weighted by molar-refractivity contribution is 6.30. The Hall–Kier alpha value is -2.54. The topological polar surface area (TPSA) is 57.8 Å². The molecule has 1 N–H and O–H groups in total. The van der Waals surface area contributed by atoms with Gasteiger partial charge in [-0.3, -0.25) is 9.69 Å². The number of aromatic amines is 1. The smallest absolute Gasteiger partial charge is 0.225 e. The Labute approximate surface area is 205 Å². The van der Waals surface area contributed by atoms with Gasteiger partial charge in [-0.05, 0) is 61.2 Å². The molecule has 2 saturated heterocycles. The largest absolute Gasteiger partial charge is 0.491 e. The highest BCUT2D eigenvalue weighted by atomic mass is 35.5. The molecule has 1 aromatic heterocycles. The number of ether oxygens (including phenoxy) is 2. The molecule has 180 valence electrons. The van der Waals surface area contributed by atoms with Crippen molar-refractivity contribution in [3.63, 3.8) is 0 Å². The Morgan fingerprint density at radius 2 is 1.88 bits per heavy atom. The molecule has 2 aliphatic heterocycles. The van der Waals surface area contributed by atoms with Gasteiger partial charge in [-0.25, -0.2) is 0 Å².